The minimum Gasteiger partial charge on any atom is -0.340 e. The molecule has 8 nitrogen and oxygen atoms in total. The largest absolute Gasteiger partial charge is 0.340 e. The summed E-state index contributed by atoms with van der Waals surface area (Å²) >= 11 is 0. The lowest BCUT2D eigenvalue weighted by Gasteiger charge is -2.23. The number of hydrogen-bond donors (Lipinski definition) is 1. The molecule has 1 fully saturated rings. The van der Waals surface area contributed by atoms with Gasteiger partial charge in [0.15, 0.2) is 9.84 Å². The van der Waals surface area contributed by atoms with E-state index in [-0.39, 0.29) is 30.0 Å². The summed E-state index contributed by atoms with van der Waals surface area (Å²) in [6, 6.07) is -0.229. The van der Waals surface area contributed by atoms with Gasteiger partial charge in [0, 0.05) is 19.6 Å². The number of nitrogens with one attached hydrogen (secondary N) is 1. The van der Waals surface area contributed by atoms with Gasteiger partial charge in [0.1, 0.15) is 6.54 Å². The van der Waals surface area contributed by atoms with Crippen molar-refractivity contribution in [2.75, 3.05) is 25.6 Å². The van der Waals surface area contributed by atoms with E-state index in [1.807, 2.05) is 0 Å². The van der Waals surface area contributed by atoms with E-state index in [1.165, 1.54) is 9.58 Å². The molecule has 1 atom stereocenters. The molecule has 0 aliphatic carbocycles. The van der Waals surface area contributed by atoms with E-state index < -0.39 is 9.84 Å². The number of nitrogens with zero attached hydrogens (tertiary/aromatic N) is 4. The lowest BCUT2D eigenvalue weighted by Crippen LogP contribution is -2.39. The number of sulfone groups is 1. The molecular weight excluding hydrogens is 282 g/mol. The maximum atomic E-state index is 12.1. The van der Waals surface area contributed by atoms with Crippen molar-refractivity contribution >= 4 is 15.7 Å². The van der Waals surface area contributed by atoms with Gasteiger partial charge in [-0.1, -0.05) is 5.21 Å². The van der Waals surface area contributed by atoms with Crippen LogP contribution in [0.25, 0.3) is 0 Å². The summed E-state index contributed by atoms with van der Waals surface area (Å²) in [5.74, 6) is 0.0516. The first-order valence-electron chi connectivity index (χ1n) is 6.41. The molecule has 112 valence electrons. The molecule has 0 aromatic carbocycles. The van der Waals surface area contributed by atoms with Crippen LogP contribution >= 0.6 is 0 Å². The summed E-state index contributed by atoms with van der Waals surface area (Å²) in [5.41, 5.74) is 0.756. The molecule has 20 heavy (non-hydrogen) atoms. The first-order chi connectivity index (χ1) is 9.41. The van der Waals surface area contributed by atoms with Crippen molar-refractivity contribution in [3.05, 3.63) is 11.9 Å². The average Bonchev–Trinajstić information content (AvgIpc) is 2.95. The van der Waals surface area contributed by atoms with Gasteiger partial charge in [-0.25, -0.2) is 13.1 Å². The van der Waals surface area contributed by atoms with E-state index in [9.17, 15) is 13.2 Å². The van der Waals surface area contributed by atoms with Gasteiger partial charge in [-0.05, 0) is 13.5 Å². The smallest absolute Gasteiger partial charge is 0.244 e. The Balaban J connectivity index is 1.93. The van der Waals surface area contributed by atoms with Crippen molar-refractivity contribution in [3.63, 3.8) is 0 Å². The van der Waals surface area contributed by atoms with Crippen molar-refractivity contribution in [1.82, 2.24) is 25.2 Å². The van der Waals surface area contributed by atoms with Crippen molar-refractivity contribution in [3.8, 4) is 0 Å². The molecule has 9 heteroatoms. The number of rotatable bonds is 5. The fourth-order valence-corrected chi connectivity index (χ4v) is 3.99. The van der Waals surface area contributed by atoms with Crippen LogP contribution in [0.5, 0.6) is 0 Å². The summed E-state index contributed by atoms with van der Waals surface area (Å²) in [4.78, 5) is 13.6. The van der Waals surface area contributed by atoms with Crippen LogP contribution in [0.4, 0.5) is 0 Å². The van der Waals surface area contributed by atoms with E-state index in [2.05, 4.69) is 15.6 Å². The fourth-order valence-electron chi connectivity index (χ4n) is 2.21. The molecule has 1 N–H and O–H groups in total. The van der Waals surface area contributed by atoms with Crippen LogP contribution in [0.15, 0.2) is 6.20 Å². The predicted octanol–water partition coefficient (Wildman–Crippen LogP) is -1.36. The number of aromatic nitrogens is 3. The molecule has 0 saturated carbocycles. The third-order valence-electron chi connectivity index (χ3n) is 3.39. The van der Waals surface area contributed by atoms with Crippen molar-refractivity contribution < 1.29 is 13.2 Å². The number of likely N-dealkylation sites (N-methyl/N-ethyl adjacent to an activating group) is 1. The monoisotopic (exact) mass is 301 g/mol. The zero-order valence-corrected chi connectivity index (χ0v) is 12.4. The van der Waals surface area contributed by atoms with Gasteiger partial charge in [-0.3, -0.25) is 4.79 Å². The molecule has 1 saturated heterocycles. The zero-order valence-electron chi connectivity index (χ0n) is 11.6. The highest BCUT2D eigenvalue weighted by Crippen LogP contribution is 2.16. The highest BCUT2D eigenvalue weighted by atomic mass is 32.2. The van der Waals surface area contributed by atoms with Crippen LogP contribution in [0.1, 0.15) is 12.1 Å². The highest BCUT2D eigenvalue weighted by Gasteiger charge is 2.32. The fraction of sp³-hybridized carbons (Fsp3) is 0.727. The summed E-state index contributed by atoms with van der Waals surface area (Å²) in [6.45, 7) is 0.661. The Morgan fingerprint density at radius 2 is 2.35 bits per heavy atom. The first-order valence-corrected chi connectivity index (χ1v) is 8.23. The van der Waals surface area contributed by atoms with E-state index >= 15 is 0 Å². The molecule has 1 unspecified atom stereocenters. The molecule has 1 amide bonds. The number of amides is 1. The van der Waals surface area contributed by atoms with Crippen LogP contribution < -0.4 is 5.32 Å². The van der Waals surface area contributed by atoms with Gasteiger partial charge in [0.25, 0.3) is 0 Å². The number of carbonyl (C=O) groups is 1. The minimum absolute atomic E-state index is 0.0532. The third-order valence-corrected chi connectivity index (χ3v) is 5.14. The van der Waals surface area contributed by atoms with Gasteiger partial charge in [0.2, 0.25) is 5.91 Å². The molecule has 2 rings (SSSR count). The van der Waals surface area contributed by atoms with Gasteiger partial charge >= 0.3 is 0 Å². The Hall–Kier alpha value is -1.48. The summed E-state index contributed by atoms with van der Waals surface area (Å²) in [5, 5.41) is 10.7. The van der Waals surface area contributed by atoms with Crippen LogP contribution in [0, 0.1) is 0 Å². The summed E-state index contributed by atoms with van der Waals surface area (Å²) < 4.78 is 24.3. The SMILES string of the molecule is CNCc1cn(CC(=O)N(C)C2CCS(=O)(=O)C2)nn1. The second-order valence-corrected chi connectivity index (χ2v) is 7.23. The van der Waals surface area contributed by atoms with Crippen LogP contribution in [0.3, 0.4) is 0 Å². The normalized spacial score (nSPS) is 21.0. The van der Waals surface area contributed by atoms with Gasteiger partial charge < -0.3 is 10.2 Å². The average molecular weight is 301 g/mol. The van der Waals surface area contributed by atoms with Gasteiger partial charge in [-0.2, -0.15) is 0 Å². The van der Waals surface area contributed by atoms with E-state index in [1.54, 1.807) is 20.3 Å². The molecular formula is C11H19N5O3S. The van der Waals surface area contributed by atoms with E-state index in [0.29, 0.717) is 13.0 Å². The molecule has 1 aliphatic rings. The second kappa shape index (κ2) is 5.88. The maximum absolute atomic E-state index is 12.1. The third kappa shape index (κ3) is 3.54. The van der Waals surface area contributed by atoms with Crippen molar-refractivity contribution in [1.29, 1.82) is 0 Å². The first kappa shape index (κ1) is 14.9. The van der Waals surface area contributed by atoms with Crippen LogP contribution in [-0.4, -0.2) is 65.9 Å². The van der Waals surface area contributed by atoms with E-state index in [4.69, 9.17) is 0 Å². The number of hydrogen-bond acceptors (Lipinski definition) is 6. The summed E-state index contributed by atoms with van der Waals surface area (Å²) in [7, 11) is 0.455. The Bertz CT molecular complexity index is 583. The molecule has 1 aliphatic heterocycles. The van der Waals surface area contributed by atoms with Crippen molar-refractivity contribution in [2.24, 2.45) is 0 Å². The van der Waals surface area contributed by atoms with E-state index in [0.717, 1.165) is 5.69 Å². The zero-order chi connectivity index (χ0) is 14.8. The Morgan fingerprint density at radius 3 is 2.95 bits per heavy atom. The molecule has 2 heterocycles. The minimum atomic E-state index is -2.99. The standard InChI is InChI=1S/C11H19N5O3S/c1-12-5-9-6-16(14-13-9)7-11(17)15(2)10-3-4-20(18,19)8-10/h6,10,12H,3-5,7-8H2,1-2H3. The van der Waals surface area contributed by atoms with Gasteiger partial charge in [-0.15, -0.1) is 5.10 Å². The molecule has 0 bridgehead atoms. The number of carbonyl (C=O) groups excluding carboxylic acids is 1. The molecule has 0 radical (unpaired) electrons. The lowest BCUT2D eigenvalue weighted by atomic mass is 10.2. The summed E-state index contributed by atoms with van der Waals surface area (Å²) in [6.07, 6.45) is 2.21. The van der Waals surface area contributed by atoms with Crippen LogP contribution in [-0.2, 0) is 27.7 Å². The Morgan fingerprint density at radius 1 is 1.60 bits per heavy atom. The highest BCUT2D eigenvalue weighted by molar-refractivity contribution is 7.91. The molecule has 1 aromatic rings. The lowest BCUT2D eigenvalue weighted by molar-refractivity contribution is -0.132. The Kier molecular flexibility index (Phi) is 4.39. The topological polar surface area (TPSA) is 97.2 Å². The second-order valence-electron chi connectivity index (χ2n) is 5.00. The quantitative estimate of drug-likeness (QED) is 0.722. The molecule has 0 spiro atoms. The maximum Gasteiger partial charge on any atom is 0.244 e. The molecule has 1 aromatic heterocycles. The van der Waals surface area contributed by atoms with Crippen LogP contribution in [0.2, 0.25) is 0 Å². The predicted molar refractivity (Wildman–Crippen MR) is 72.6 cm³/mol. The Labute approximate surface area is 118 Å². The van der Waals surface area contributed by atoms with Crippen molar-refractivity contribution in [2.45, 2.75) is 25.6 Å². The van der Waals surface area contributed by atoms with Gasteiger partial charge in [0.05, 0.1) is 23.4 Å².